The normalized spacial score (nSPS) is 14.2. The Morgan fingerprint density at radius 1 is 0.350 bits per heavy atom. The number of halogens is 1. The molecule has 12 rings (SSSR count). The molecule has 3 aliphatic rings. The molecule has 25 heteroatoms. The van der Waals surface area contributed by atoms with Crippen LogP contribution in [0.5, 0.6) is 0 Å². The minimum atomic E-state index is -3.58. The molecule has 542 valence electrons. The number of benzene rings is 6. The number of rotatable bonds is 26. The van der Waals surface area contributed by atoms with Crippen LogP contribution in [0.4, 0.5) is 34.1 Å². The molecular formula is C78H91ClN12O9S3. The van der Waals surface area contributed by atoms with Crippen LogP contribution in [-0.4, -0.2) is 185 Å². The van der Waals surface area contributed by atoms with Crippen LogP contribution in [0.2, 0.25) is 0 Å². The second-order valence-electron chi connectivity index (χ2n) is 25.1. The maximum absolute atomic E-state index is 12.6. The van der Waals surface area contributed by atoms with Crippen molar-refractivity contribution in [2.45, 2.75) is 53.2 Å². The first-order chi connectivity index (χ1) is 49.7. The van der Waals surface area contributed by atoms with E-state index in [0.717, 1.165) is 113 Å². The molecule has 0 bridgehead atoms. The number of carbonyl (C=O) groups excluding carboxylic acids is 3. The van der Waals surface area contributed by atoms with Gasteiger partial charge in [0.2, 0.25) is 20.0 Å². The number of anilines is 6. The first-order valence-corrected chi connectivity index (χ1v) is 39.6. The molecule has 3 aromatic heterocycles. The van der Waals surface area contributed by atoms with Crippen LogP contribution in [0.3, 0.4) is 0 Å². The molecular weight excluding hydrogens is 1380 g/mol. The minimum Gasteiger partial charge on any atom is -0.368 e. The third-order valence-electron chi connectivity index (χ3n) is 18.0. The van der Waals surface area contributed by atoms with E-state index in [-0.39, 0.29) is 58.0 Å². The fraction of sp³-hybridized carbons (Fsp3) is 0.308. The standard InChI is InChI=1S/2C26H30N4O3S.C20H26N4O.C6H5ClO2S/c2*1-28(34(32,33)26-5-3-2-4-6-26)16-13-25(31)21-22-7-9-23(10-8-22)29-17-19-30(20-18-29)24-11-14-27-15-12-24;1-21-9-8-20(25)16-17-2-4-18(5-3-17)23-12-14-24(15-13-23)19-6-10-22-11-7-19;7-10(8,9)6-4-2-1-3-5-6/h2*2-12,14-15H,13,16-21H2,1H3;2-7,10-11,21H,8-9,12-16H2,1H3;1-5H. The van der Waals surface area contributed by atoms with Crippen LogP contribution in [0.1, 0.15) is 36.0 Å². The molecule has 0 saturated carbocycles. The molecule has 0 amide bonds. The molecule has 103 heavy (non-hydrogen) atoms. The number of nitrogens with one attached hydrogen (secondary N) is 1. The van der Waals surface area contributed by atoms with Gasteiger partial charge in [-0.25, -0.2) is 33.9 Å². The Kier molecular flexibility index (Phi) is 29.3. The molecule has 0 spiro atoms. The van der Waals surface area contributed by atoms with Crippen molar-refractivity contribution in [2.75, 3.05) is 149 Å². The SMILES string of the molecule is CN(CCC(=O)Cc1ccc(N2CCN(c3ccncc3)CC2)cc1)S(=O)(=O)c1ccccc1.CN(CCC(=O)Cc1ccc(N2CCN(c3ccncc3)CC2)cc1)S(=O)(=O)c1ccccc1.CNCCC(=O)Cc1ccc(N2CCN(c3ccncc3)CC2)cc1.O=S(=O)(Cl)c1ccccc1. The fourth-order valence-electron chi connectivity index (χ4n) is 12.0. The van der Waals surface area contributed by atoms with Crippen molar-refractivity contribution in [3.63, 3.8) is 0 Å². The van der Waals surface area contributed by atoms with Gasteiger partial charge in [0.1, 0.15) is 17.3 Å². The summed E-state index contributed by atoms with van der Waals surface area (Å²) < 4.78 is 74.1. The Morgan fingerprint density at radius 3 is 0.816 bits per heavy atom. The number of hydrogen-bond acceptors (Lipinski definition) is 19. The van der Waals surface area contributed by atoms with Gasteiger partial charge in [-0.1, -0.05) is 91.0 Å². The monoisotopic (exact) mass is 1470 g/mol. The van der Waals surface area contributed by atoms with Crippen LogP contribution < -0.4 is 34.7 Å². The van der Waals surface area contributed by atoms with Gasteiger partial charge in [-0.15, -0.1) is 0 Å². The van der Waals surface area contributed by atoms with E-state index >= 15 is 0 Å². The van der Waals surface area contributed by atoms with E-state index in [1.807, 2.05) is 92.8 Å². The lowest BCUT2D eigenvalue weighted by Crippen LogP contribution is -2.46. The molecule has 9 aromatic rings. The number of nitrogens with zero attached hydrogens (tertiary/aromatic N) is 11. The highest BCUT2D eigenvalue weighted by Crippen LogP contribution is 2.26. The lowest BCUT2D eigenvalue weighted by molar-refractivity contribution is -0.119. The topological polar surface area (TPSA) is 230 Å². The highest BCUT2D eigenvalue weighted by atomic mass is 35.7. The fourth-order valence-corrected chi connectivity index (χ4v) is 15.1. The number of carbonyl (C=O) groups is 3. The molecule has 0 atom stereocenters. The molecule has 3 fully saturated rings. The van der Waals surface area contributed by atoms with Crippen LogP contribution in [0, 0.1) is 0 Å². The molecule has 0 radical (unpaired) electrons. The molecule has 3 aliphatic heterocycles. The van der Waals surface area contributed by atoms with Crippen molar-refractivity contribution in [1.29, 1.82) is 0 Å². The quantitative estimate of drug-likeness (QED) is 0.0497. The van der Waals surface area contributed by atoms with Crippen molar-refractivity contribution in [3.8, 4) is 0 Å². The summed E-state index contributed by atoms with van der Waals surface area (Å²) in [7, 11) is -0.759. The zero-order chi connectivity index (χ0) is 73.0. The minimum absolute atomic E-state index is 0.0221. The molecule has 6 aromatic carbocycles. The van der Waals surface area contributed by atoms with Crippen molar-refractivity contribution in [3.05, 3.63) is 254 Å². The Labute approximate surface area is 611 Å². The average Bonchev–Trinajstić information content (AvgIpc) is 0.840. The second kappa shape index (κ2) is 38.8. The number of sulfonamides is 2. The summed E-state index contributed by atoms with van der Waals surface area (Å²) in [5.74, 6) is 0.329. The van der Waals surface area contributed by atoms with Gasteiger partial charge in [0.25, 0.3) is 9.05 Å². The van der Waals surface area contributed by atoms with Crippen LogP contribution in [-0.2, 0) is 62.7 Å². The Hall–Kier alpha value is -9.40. The van der Waals surface area contributed by atoms with Gasteiger partial charge >= 0.3 is 0 Å². The Bertz CT molecular complexity index is 4230. The Balaban J connectivity index is 0.000000169. The lowest BCUT2D eigenvalue weighted by atomic mass is 10.1. The van der Waals surface area contributed by atoms with E-state index in [1.165, 1.54) is 57.6 Å². The van der Waals surface area contributed by atoms with E-state index in [0.29, 0.717) is 25.7 Å². The van der Waals surface area contributed by atoms with E-state index in [4.69, 9.17) is 10.7 Å². The van der Waals surface area contributed by atoms with Crippen LogP contribution in [0.25, 0.3) is 0 Å². The van der Waals surface area contributed by atoms with Gasteiger partial charge in [0, 0.05) is 233 Å². The van der Waals surface area contributed by atoms with Gasteiger partial charge in [0.15, 0.2) is 0 Å². The second-order valence-corrected chi connectivity index (χ2v) is 31.7. The summed E-state index contributed by atoms with van der Waals surface area (Å²) in [5.41, 5.74) is 10.2. The zero-order valence-corrected chi connectivity index (χ0v) is 61.8. The summed E-state index contributed by atoms with van der Waals surface area (Å²) in [4.78, 5) is 64.0. The lowest BCUT2D eigenvalue weighted by Gasteiger charge is -2.37. The number of pyridine rings is 3. The summed E-state index contributed by atoms with van der Waals surface area (Å²) in [6.45, 7) is 12.6. The van der Waals surface area contributed by atoms with Gasteiger partial charge in [-0.3, -0.25) is 29.3 Å². The molecule has 0 unspecified atom stereocenters. The van der Waals surface area contributed by atoms with E-state index in [9.17, 15) is 39.6 Å². The summed E-state index contributed by atoms with van der Waals surface area (Å²) in [6.07, 6.45) is 13.1. The number of hydrogen-bond donors (Lipinski definition) is 1. The number of aromatic nitrogens is 3. The summed E-state index contributed by atoms with van der Waals surface area (Å²) >= 11 is 0. The summed E-state index contributed by atoms with van der Waals surface area (Å²) in [5, 5.41) is 3.02. The molecule has 6 heterocycles. The van der Waals surface area contributed by atoms with Crippen molar-refractivity contribution >= 4 is 91.3 Å². The van der Waals surface area contributed by atoms with Gasteiger partial charge in [-0.05, 0) is 133 Å². The third-order valence-corrected chi connectivity index (χ3v) is 23.1. The summed E-state index contributed by atoms with van der Waals surface area (Å²) in [6, 6.07) is 61.4. The molecule has 21 nitrogen and oxygen atoms in total. The Morgan fingerprint density at radius 2 is 0.583 bits per heavy atom. The third kappa shape index (κ3) is 23.8. The molecule has 1 N–H and O–H groups in total. The number of Topliss-reactive ketones (excluding diaryl/α,β-unsaturated/α-hetero) is 3. The molecule has 3 saturated heterocycles. The van der Waals surface area contributed by atoms with E-state index in [2.05, 4.69) is 110 Å². The molecule has 0 aliphatic carbocycles. The smallest absolute Gasteiger partial charge is 0.261 e. The van der Waals surface area contributed by atoms with Crippen LogP contribution >= 0.6 is 10.7 Å². The maximum atomic E-state index is 12.6. The van der Waals surface area contributed by atoms with Crippen molar-refractivity contribution < 1.29 is 39.6 Å². The first-order valence-electron chi connectivity index (χ1n) is 34.4. The largest absolute Gasteiger partial charge is 0.368 e. The maximum Gasteiger partial charge on any atom is 0.261 e. The highest BCUT2D eigenvalue weighted by molar-refractivity contribution is 8.13. The average molecular weight is 1470 g/mol. The predicted octanol–water partition coefficient (Wildman–Crippen LogP) is 10.2. The number of ketones is 3. The van der Waals surface area contributed by atoms with Crippen molar-refractivity contribution in [1.82, 2.24) is 28.9 Å². The van der Waals surface area contributed by atoms with Gasteiger partial charge in [0.05, 0.1) is 14.7 Å². The van der Waals surface area contributed by atoms with E-state index < -0.39 is 29.1 Å². The highest BCUT2D eigenvalue weighted by Gasteiger charge is 2.25. The van der Waals surface area contributed by atoms with E-state index in [1.54, 1.807) is 78.9 Å². The van der Waals surface area contributed by atoms with Crippen molar-refractivity contribution in [2.24, 2.45) is 0 Å². The predicted molar refractivity (Wildman–Crippen MR) is 411 cm³/mol. The van der Waals surface area contributed by atoms with Gasteiger partial charge < -0.3 is 34.7 Å². The number of piperazine rings is 3. The van der Waals surface area contributed by atoms with Crippen LogP contribution in [0.15, 0.2) is 252 Å². The zero-order valence-electron chi connectivity index (χ0n) is 58.6. The first kappa shape index (κ1) is 77.8. The van der Waals surface area contributed by atoms with Gasteiger partial charge in [-0.2, -0.15) is 0 Å².